The Balaban J connectivity index is 2.34. The van der Waals surface area contributed by atoms with Crippen molar-refractivity contribution in [1.82, 2.24) is 5.16 Å². The Hall–Kier alpha value is -2.30. The van der Waals surface area contributed by atoms with E-state index in [1.54, 1.807) is 33.1 Å². The largest absolute Gasteiger partial charge is 0.392 e. The maximum Gasteiger partial charge on any atom is 0.250 e. The number of benzene rings is 1. The maximum absolute atomic E-state index is 13.9. The fourth-order valence-electron chi connectivity index (χ4n) is 4.05. The molecule has 3 rings (SSSR count). The summed E-state index contributed by atoms with van der Waals surface area (Å²) in [6.07, 6.45) is 1.49. The van der Waals surface area contributed by atoms with Crippen molar-refractivity contribution in [2.24, 2.45) is 5.73 Å². The van der Waals surface area contributed by atoms with Crippen molar-refractivity contribution in [2.45, 2.75) is 51.2 Å². The minimum Gasteiger partial charge on any atom is -0.392 e. The monoisotopic (exact) mass is 451 g/mol. The zero-order chi connectivity index (χ0) is 22.4. The number of nitrogens with one attached hydrogen (secondary N) is 1. The Kier molecular flexibility index (Phi) is 5.78. The molecule has 0 fully saturated rings. The second kappa shape index (κ2) is 7.75. The van der Waals surface area contributed by atoms with E-state index in [2.05, 4.69) is 9.88 Å². The van der Waals surface area contributed by atoms with Gasteiger partial charge in [0.2, 0.25) is 21.8 Å². The second-order valence-corrected chi connectivity index (χ2v) is 10.4. The number of nitrogens with zero attached hydrogens (tertiary/aromatic N) is 1. The molecule has 0 bridgehead atoms. The van der Waals surface area contributed by atoms with E-state index in [0.717, 1.165) is 17.3 Å². The number of sulfonamides is 1. The van der Waals surface area contributed by atoms with Crippen LogP contribution in [-0.2, 0) is 26.2 Å². The first-order valence-electron chi connectivity index (χ1n) is 9.26. The van der Waals surface area contributed by atoms with Gasteiger partial charge in [0.25, 0.3) is 0 Å². The molecule has 2 heterocycles. The van der Waals surface area contributed by atoms with E-state index in [0.29, 0.717) is 33.5 Å². The van der Waals surface area contributed by atoms with E-state index < -0.39 is 25.9 Å². The molecule has 1 aromatic heterocycles. The fourth-order valence-corrected chi connectivity index (χ4v) is 7.50. The van der Waals surface area contributed by atoms with E-state index in [1.807, 2.05) is 13.0 Å². The molecule has 0 saturated heterocycles. The van der Waals surface area contributed by atoms with Gasteiger partial charge in [0.1, 0.15) is 5.25 Å². The number of aromatic nitrogens is 1. The Morgan fingerprint density at radius 2 is 1.93 bits per heavy atom. The number of hydrogen-bond donors (Lipinski definition) is 3. The van der Waals surface area contributed by atoms with Gasteiger partial charge < -0.3 is 15.4 Å². The van der Waals surface area contributed by atoms with Crippen molar-refractivity contribution < 1.29 is 22.8 Å². The fraction of sp³-hybridized carbons (Fsp3) is 0.400. The molecular formula is C20H25N3O5S2. The molecule has 2 atom stereocenters. The van der Waals surface area contributed by atoms with Crippen molar-refractivity contribution in [3.8, 4) is 0 Å². The molecule has 10 heteroatoms. The van der Waals surface area contributed by atoms with Gasteiger partial charge in [-0.3, -0.25) is 4.79 Å². The lowest BCUT2D eigenvalue weighted by molar-refractivity contribution is -0.117. The van der Waals surface area contributed by atoms with E-state index in [-0.39, 0.29) is 12.5 Å². The topological polar surface area (TPSA) is 136 Å². The summed E-state index contributed by atoms with van der Waals surface area (Å²) in [5, 5.41) is 14.2. The Morgan fingerprint density at radius 1 is 1.27 bits per heavy atom. The number of carbonyl (C=O) groups excluding carboxylic acids is 1. The third kappa shape index (κ3) is 3.23. The Morgan fingerprint density at radius 3 is 2.47 bits per heavy atom. The lowest BCUT2D eigenvalue weighted by Gasteiger charge is -2.35. The van der Waals surface area contributed by atoms with Gasteiger partial charge in [0.05, 0.1) is 12.3 Å². The highest BCUT2D eigenvalue weighted by Gasteiger charge is 2.57. The molecule has 0 radical (unpaired) electrons. The van der Waals surface area contributed by atoms with Crippen molar-refractivity contribution in [2.75, 3.05) is 4.72 Å². The van der Waals surface area contributed by atoms with Gasteiger partial charge in [0, 0.05) is 5.56 Å². The number of thioether (sulfide) groups is 1. The normalized spacial score (nSPS) is 21.2. The quantitative estimate of drug-likeness (QED) is 0.614. The molecule has 1 amide bonds. The lowest BCUT2D eigenvalue weighted by atomic mass is 9.83. The van der Waals surface area contributed by atoms with Crippen LogP contribution >= 0.6 is 11.8 Å². The van der Waals surface area contributed by atoms with Gasteiger partial charge >= 0.3 is 0 Å². The summed E-state index contributed by atoms with van der Waals surface area (Å²) >= 11 is 1.05. The molecule has 2 unspecified atom stereocenters. The Bertz CT molecular complexity index is 1150. The molecule has 2 aromatic rings. The highest BCUT2D eigenvalue weighted by atomic mass is 32.2. The van der Waals surface area contributed by atoms with Gasteiger partial charge in [-0.15, -0.1) is 11.8 Å². The molecule has 8 nitrogen and oxygen atoms in total. The van der Waals surface area contributed by atoms with Crippen molar-refractivity contribution in [3.05, 3.63) is 56.6 Å². The van der Waals surface area contributed by atoms with Gasteiger partial charge in [0.15, 0.2) is 4.75 Å². The minimum atomic E-state index is -4.29. The van der Waals surface area contributed by atoms with Crippen LogP contribution in [-0.4, -0.2) is 29.8 Å². The number of nitrogens with two attached hydrogens (primary N) is 1. The van der Waals surface area contributed by atoms with Crippen molar-refractivity contribution in [1.29, 1.82) is 0 Å². The molecule has 1 aromatic carbocycles. The predicted molar refractivity (Wildman–Crippen MR) is 116 cm³/mol. The van der Waals surface area contributed by atoms with Crippen LogP contribution in [0.3, 0.4) is 0 Å². The Labute approximate surface area is 180 Å². The highest BCUT2D eigenvalue weighted by molar-refractivity contribution is 8.05. The van der Waals surface area contributed by atoms with Crippen LogP contribution < -0.4 is 10.5 Å². The summed E-state index contributed by atoms with van der Waals surface area (Å²) in [6.45, 7) is 8.51. The van der Waals surface area contributed by atoms with Crippen LogP contribution in [0.5, 0.6) is 0 Å². The third-order valence-corrected chi connectivity index (χ3v) is 8.93. The van der Waals surface area contributed by atoms with E-state index in [9.17, 15) is 18.3 Å². The lowest BCUT2D eigenvalue weighted by Crippen LogP contribution is -2.51. The summed E-state index contributed by atoms with van der Waals surface area (Å²) in [7, 11) is -4.29. The summed E-state index contributed by atoms with van der Waals surface area (Å²) in [5.41, 5.74) is 9.91. The average Bonchev–Trinajstić information content (AvgIpc) is 3.22. The first kappa shape index (κ1) is 22.4. The first-order chi connectivity index (χ1) is 14.0. The number of aliphatic hydroxyl groups excluding tert-OH is 1. The third-order valence-electron chi connectivity index (χ3n) is 5.69. The number of anilines is 1. The first-order valence-corrected chi connectivity index (χ1v) is 11.7. The van der Waals surface area contributed by atoms with E-state index in [4.69, 9.17) is 10.3 Å². The van der Waals surface area contributed by atoms with Gasteiger partial charge in [-0.2, -0.15) is 0 Å². The maximum atomic E-state index is 13.9. The molecule has 0 aliphatic carbocycles. The number of aryl methyl sites for hydroxylation is 3. The molecule has 1 aliphatic rings. The SMILES string of the molecule is Cc1cc(C)c(C2(S(=O)(=O)Nc3onc(C)c3C)C=CSC2C(N)=O)c(C)c1CO. The van der Waals surface area contributed by atoms with Crippen LogP contribution in [0.25, 0.3) is 0 Å². The zero-order valence-corrected chi connectivity index (χ0v) is 19.1. The number of amides is 1. The average molecular weight is 452 g/mol. The number of primary amides is 1. The molecular weight excluding hydrogens is 426 g/mol. The standard InChI is InChI=1S/C20H25N3O5S2/c1-10-8-11(2)16(13(4)15(10)9-24)20(6-7-29-17(20)18(21)25)30(26,27)23-19-12(3)14(5)22-28-19/h6-8,17,23-24H,9H2,1-5H3,(H2,21,25). The smallest absolute Gasteiger partial charge is 0.250 e. The van der Waals surface area contributed by atoms with E-state index >= 15 is 0 Å². The van der Waals surface area contributed by atoms with Crippen LogP contribution in [0.4, 0.5) is 5.88 Å². The number of carbonyl (C=O) groups is 1. The molecule has 30 heavy (non-hydrogen) atoms. The molecule has 1 aliphatic heterocycles. The molecule has 0 spiro atoms. The van der Waals surface area contributed by atoms with E-state index in [1.165, 1.54) is 6.08 Å². The van der Waals surface area contributed by atoms with Crippen LogP contribution in [0, 0.1) is 34.6 Å². The minimum absolute atomic E-state index is 0.00908. The number of rotatable bonds is 6. The van der Waals surface area contributed by atoms with Gasteiger partial charge in [-0.25, -0.2) is 13.1 Å². The second-order valence-electron chi connectivity index (χ2n) is 7.49. The molecule has 0 saturated carbocycles. The zero-order valence-electron chi connectivity index (χ0n) is 17.4. The summed E-state index contributed by atoms with van der Waals surface area (Å²) in [6, 6.07) is 1.81. The van der Waals surface area contributed by atoms with Crippen LogP contribution in [0.2, 0.25) is 0 Å². The van der Waals surface area contributed by atoms with Crippen molar-refractivity contribution >= 4 is 33.6 Å². The predicted octanol–water partition coefficient (Wildman–Crippen LogP) is 2.46. The summed E-state index contributed by atoms with van der Waals surface area (Å²) in [4.78, 5) is 12.4. The summed E-state index contributed by atoms with van der Waals surface area (Å²) < 4.78 is 33.6. The van der Waals surface area contributed by atoms with Gasteiger partial charge in [-0.05, 0) is 73.9 Å². The number of hydrogen-bond acceptors (Lipinski definition) is 7. The van der Waals surface area contributed by atoms with Gasteiger partial charge in [-0.1, -0.05) is 11.2 Å². The molecule has 162 valence electrons. The molecule has 4 N–H and O–H groups in total. The van der Waals surface area contributed by atoms with Crippen LogP contribution in [0.1, 0.15) is 39.1 Å². The highest BCUT2D eigenvalue weighted by Crippen LogP contribution is 2.50. The summed E-state index contributed by atoms with van der Waals surface area (Å²) in [5.74, 6) is -0.768. The number of aliphatic hydroxyl groups is 1. The van der Waals surface area contributed by atoms with Crippen molar-refractivity contribution in [3.63, 3.8) is 0 Å². The van der Waals surface area contributed by atoms with Crippen LogP contribution in [0.15, 0.2) is 22.1 Å².